The smallest absolute Gasteiger partial charge is 0.305 e. The predicted molar refractivity (Wildman–Crippen MR) is 133 cm³/mol. The van der Waals surface area contributed by atoms with E-state index in [0.29, 0.717) is 37.8 Å². The Morgan fingerprint density at radius 3 is 2.54 bits per heavy atom. The minimum absolute atomic E-state index is 0.00871. The lowest BCUT2D eigenvalue weighted by Crippen LogP contribution is -2.22. The van der Waals surface area contributed by atoms with Gasteiger partial charge in [-0.2, -0.15) is 0 Å². The third-order valence-electron chi connectivity index (χ3n) is 7.12. The molecule has 2 rings (SSSR count). The first-order valence-corrected chi connectivity index (χ1v) is 12.9. The fraction of sp³-hybridized carbons (Fsp3) is 0.704. The second kappa shape index (κ2) is 15.9. The first kappa shape index (κ1) is 29.2. The normalized spacial score (nSPS) is 22.9. The quantitative estimate of drug-likeness (QED) is 0.103. The van der Waals surface area contributed by atoms with Gasteiger partial charge in [-0.1, -0.05) is 48.7 Å². The van der Waals surface area contributed by atoms with Crippen molar-refractivity contribution in [2.45, 2.75) is 95.9 Å². The zero-order chi connectivity index (χ0) is 25.6. The fourth-order valence-corrected chi connectivity index (χ4v) is 4.97. The summed E-state index contributed by atoms with van der Waals surface area (Å²) in [7, 11) is 0. The van der Waals surface area contributed by atoms with Crippen LogP contribution < -0.4 is 0 Å². The van der Waals surface area contributed by atoms with E-state index in [9.17, 15) is 25.3 Å². The van der Waals surface area contributed by atoms with Gasteiger partial charge in [0, 0.05) is 18.8 Å². The van der Waals surface area contributed by atoms with Gasteiger partial charge in [-0.05, 0) is 62.5 Å². The third-order valence-corrected chi connectivity index (χ3v) is 7.12. The van der Waals surface area contributed by atoms with E-state index >= 15 is 0 Å². The molecule has 198 valence electrons. The van der Waals surface area contributed by atoms with Crippen molar-refractivity contribution in [3.05, 3.63) is 35.4 Å². The summed E-state index contributed by atoms with van der Waals surface area (Å²) in [6.45, 7) is 1.45. The molecule has 0 saturated heterocycles. The summed E-state index contributed by atoms with van der Waals surface area (Å²) in [5, 5.41) is 51.9. The number of carbonyl (C=O) groups excluding carboxylic acids is 1. The Labute approximate surface area is 208 Å². The molecule has 0 aliphatic heterocycles. The molecule has 5 atom stereocenters. The number of hydrogen-bond donors (Lipinski definition) is 5. The minimum Gasteiger partial charge on any atom is -0.463 e. The molecule has 0 aromatic heterocycles. The number of carbonyl (C=O) groups is 1. The second-order valence-corrected chi connectivity index (χ2v) is 9.80. The average Bonchev–Trinajstić information content (AvgIpc) is 3.16. The van der Waals surface area contributed by atoms with Crippen LogP contribution in [0, 0.1) is 18.8 Å². The molecule has 1 aromatic rings. The van der Waals surface area contributed by atoms with E-state index in [2.05, 4.69) is 24.2 Å². The molecule has 0 amide bonds. The highest BCUT2D eigenvalue weighted by molar-refractivity contribution is 5.89. The Bertz CT molecular complexity index is 785. The number of aryl methyl sites for hydroxylation is 2. The number of esters is 1. The highest BCUT2D eigenvalue weighted by atomic mass is 16.5. The molecule has 1 saturated carbocycles. The first-order chi connectivity index (χ1) is 16.8. The molecule has 8 nitrogen and oxygen atoms in total. The number of oxime groups is 1. The molecule has 0 radical (unpaired) electrons. The molecule has 0 heterocycles. The number of nitrogens with zero attached hydrogens (tertiary/aromatic N) is 1. The van der Waals surface area contributed by atoms with Crippen LogP contribution in [0.15, 0.2) is 29.4 Å². The van der Waals surface area contributed by atoms with Gasteiger partial charge in [-0.3, -0.25) is 4.79 Å². The van der Waals surface area contributed by atoms with Crippen molar-refractivity contribution in [3.63, 3.8) is 0 Å². The van der Waals surface area contributed by atoms with E-state index < -0.39 is 24.9 Å². The maximum atomic E-state index is 11.6. The van der Waals surface area contributed by atoms with Gasteiger partial charge < -0.3 is 30.4 Å². The van der Waals surface area contributed by atoms with Crippen LogP contribution >= 0.6 is 0 Å². The average molecular weight is 494 g/mol. The fourth-order valence-electron chi connectivity index (χ4n) is 4.97. The van der Waals surface area contributed by atoms with Gasteiger partial charge in [0.15, 0.2) is 0 Å². The van der Waals surface area contributed by atoms with E-state index in [1.165, 1.54) is 11.1 Å². The van der Waals surface area contributed by atoms with Crippen molar-refractivity contribution >= 4 is 11.7 Å². The Morgan fingerprint density at radius 1 is 1.09 bits per heavy atom. The van der Waals surface area contributed by atoms with E-state index in [1.54, 1.807) is 0 Å². The van der Waals surface area contributed by atoms with Gasteiger partial charge in [0.2, 0.25) is 0 Å². The number of ether oxygens (including phenoxy) is 1. The van der Waals surface area contributed by atoms with Gasteiger partial charge in [0.25, 0.3) is 0 Å². The highest BCUT2D eigenvalue weighted by Crippen LogP contribution is 2.37. The van der Waals surface area contributed by atoms with Crippen molar-refractivity contribution in [2.24, 2.45) is 17.0 Å². The Kier molecular flexibility index (Phi) is 13.3. The van der Waals surface area contributed by atoms with Gasteiger partial charge in [-0.15, -0.1) is 0 Å². The summed E-state index contributed by atoms with van der Waals surface area (Å²) in [6.07, 6.45) is 5.55. The summed E-state index contributed by atoms with van der Waals surface area (Å²) in [6, 6.07) is 8.19. The minimum atomic E-state index is -1.04. The maximum Gasteiger partial charge on any atom is 0.305 e. The summed E-state index contributed by atoms with van der Waals surface area (Å²) in [4.78, 5) is 11.6. The van der Waals surface area contributed by atoms with Gasteiger partial charge in [0.05, 0.1) is 24.5 Å². The van der Waals surface area contributed by atoms with E-state index in [0.717, 1.165) is 32.1 Å². The van der Waals surface area contributed by atoms with E-state index in [-0.39, 0.29) is 30.8 Å². The Morgan fingerprint density at radius 2 is 1.83 bits per heavy atom. The van der Waals surface area contributed by atoms with Crippen LogP contribution in [0.2, 0.25) is 0 Å². The SMILES string of the molecule is Cc1ccccc1CCC(O)CCC1/C(=N\O)CC(O)C1CCCCCCC(=O)OCC(O)CO. The van der Waals surface area contributed by atoms with Crippen molar-refractivity contribution < 1.29 is 35.2 Å². The number of rotatable bonds is 16. The lowest BCUT2D eigenvalue weighted by molar-refractivity contribution is -0.147. The number of unbranched alkanes of at least 4 members (excludes halogenated alkanes) is 3. The molecule has 35 heavy (non-hydrogen) atoms. The molecule has 0 spiro atoms. The van der Waals surface area contributed by atoms with Crippen LogP contribution in [0.4, 0.5) is 0 Å². The molecule has 1 aromatic carbocycles. The van der Waals surface area contributed by atoms with Crippen LogP contribution in [0.5, 0.6) is 0 Å². The molecule has 5 N–H and O–H groups in total. The van der Waals surface area contributed by atoms with Gasteiger partial charge >= 0.3 is 5.97 Å². The summed E-state index contributed by atoms with van der Waals surface area (Å²) in [5.74, 6) is -0.404. The highest BCUT2D eigenvalue weighted by Gasteiger charge is 2.39. The topological polar surface area (TPSA) is 140 Å². The summed E-state index contributed by atoms with van der Waals surface area (Å²) < 4.78 is 4.89. The zero-order valence-corrected chi connectivity index (χ0v) is 20.9. The zero-order valence-electron chi connectivity index (χ0n) is 20.9. The predicted octanol–water partition coefficient (Wildman–Crippen LogP) is 3.13. The molecule has 1 aliphatic rings. The molecule has 1 fully saturated rings. The summed E-state index contributed by atoms with van der Waals surface area (Å²) in [5.41, 5.74) is 3.10. The number of aliphatic hydroxyl groups is 4. The van der Waals surface area contributed by atoms with Crippen molar-refractivity contribution in [3.8, 4) is 0 Å². The number of hydrogen-bond acceptors (Lipinski definition) is 8. The van der Waals surface area contributed by atoms with Gasteiger partial charge in [-0.25, -0.2) is 0 Å². The monoisotopic (exact) mass is 493 g/mol. The molecular formula is C27H43NO7. The Balaban J connectivity index is 1.70. The first-order valence-electron chi connectivity index (χ1n) is 12.9. The molecule has 5 unspecified atom stereocenters. The second-order valence-electron chi connectivity index (χ2n) is 9.80. The molecular weight excluding hydrogens is 450 g/mol. The molecule has 8 heteroatoms. The lowest BCUT2D eigenvalue weighted by Gasteiger charge is -2.23. The largest absolute Gasteiger partial charge is 0.463 e. The van der Waals surface area contributed by atoms with Crippen LogP contribution in [-0.4, -0.2) is 68.8 Å². The van der Waals surface area contributed by atoms with Crippen LogP contribution in [-0.2, 0) is 16.0 Å². The van der Waals surface area contributed by atoms with E-state index in [1.807, 2.05) is 12.1 Å². The van der Waals surface area contributed by atoms with Crippen molar-refractivity contribution in [1.29, 1.82) is 0 Å². The number of aliphatic hydroxyl groups excluding tert-OH is 4. The molecule has 1 aliphatic carbocycles. The van der Waals surface area contributed by atoms with Crippen molar-refractivity contribution in [1.82, 2.24) is 0 Å². The van der Waals surface area contributed by atoms with Crippen LogP contribution in [0.25, 0.3) is 0 Å². The van der Waals surface area contributed by atoms with E-state index in [4.69, 9.17) is 9.84 Å². The van der Waals surface area contributed by atoms with Crippen LogP contribution in [0.1, 0.15) is 75.3 Å². The van der Waals surface area contributed by atoms with Gasteiger partial charge in [0.1, 0.15) is 12.7 Å². The number of benzene rings is 1. The van der Waals surface area contributed by atoms with Crippen molar-refractivity contribution in [2.75, 3.05) is 13.2 Å². The van der Waals surface area contributed by atoms with Crippen LogP contribution in [0.3, 0.4) is 0 Å². The third kappa shape index (κ3) is 10.3. The maximum absolute atomic E-state index is 11.6. The Hall–Kier alpha value is -2.00. The summed E-state index contributed by atoms with van der Waals surface area (Å²) >= 11 is 0. The lowest BCUT2D eigenvalue weighted by atomic mass is 9.84. The molecule has 0 bridgehead atoms. The standard InChI is InChI=1S/C27H43NO7/c1-19-8-6-7-9-20(19)12-13-21(30)14-15-23-24(26(32)16-25(23)28-34)10-4-2-3-5-11-27(33)35-18-22(31)17-29/h6-9,21-24,26,29-32,34H,2-5,10-18H2,1H3/b28-25-.